The fourth-order valence-corrected chi connectivity index (χ4v) is 2.38. The molecule has 0 radical (unpaired) electrons. The van der Waals surface area contributed by atoms with Crippen LogP contribution in [0, 0.1) is 0 Å². The molecule has 0 rings (SSSR count). The quantitative estimate of drug-likeness (QED) is 0.0638. The lowest BCUT2D eigenvalue weighted by Gasteiger charge is -2.23. The molecule has 0 saturated heterocycles. The average Bonchev–Trinajstić information content (AvgIpc) is 2.69. The number of nitrogens with one attached hydrogen (secondary N) is 3. The average molecular weight is 460 g/mol. The van der Waals surface area contributed by atoms with Gasteiger partial charge in [-0.3, -0.25) is 24.2 Å². The largest absolute Gasteiger partial charge is 0.480 e. The van der Waals surface area contributed by atoms with E-state index < -0.39 is 60.4 Å². The highest BCUT2D eigenvalue weighted by Gasteiger charge is 2.28. The third-order valence-corrected chi connectivity index (χ3v) is 4.10. The first-order chi connectivity index (χ1) is 14.8. The molecular formula is C17H32N8O7. The second kappa shape index (κ2) is 14.5. The zero-order valence-corrected chi connectivity index (χ0v) is 17.7. The third-order valence-electron chi connectivity index (χ3n) is 4.10. The number of aliphatic imine (C=N–C) groups is 1. The Morgan fingerprint density at radius 2 is 1.62 bits per heavy atom. The highest BCUT2D eigenvalue weighted by molar-refractivity contribution is 5.93. The fraction of sp³-hybridized carbons (Fsp3) is 0.647. The van der Waals surface area contributed by atoms with Crippen LogP contribution < -0.4 is 38.9 Å². The minimum Gasteiger partial charge on any atom is -0.480 e. The van der Waals surface area contributed by atoms with Crippen molar-refractivity contribution >= 4 is 35.6 Å². The maximum absolute atomic E-state index is 12.3. The molecular weight excluding hydrogens is 428 g/mol. The molecule has 182 valence electrons. The van der Waals surface area contributed by atoms with E-state index in [0.717, 1.165) is 0 Å². The van der Waals surface area contributed by atoms with Gasteiger partial charge in [0.25, 0.3) is 0 Å². The fourth-order valence-electron chi connectivity index (χ4n) is 2.38. The van der Waals surface area contributed by atoms with E-state index in [2.05, 4.69) is 20.9 Å². The molecule has 4 atom stereocenters. The molecule has 4 amide bonds. The number of nitrogens with zero attached hydrogens (tertiary/aromatic N) is 1. The van der Waals surface area contributed by atoms with Crippen LogP contribution in [0.3, 0.4) is 0 Å². The summed E-state index contributed by atoms with van der Waals surface area (Å²) in [5, 5.41) is 25.5. The van der Waals surface area contributed by atoms with Gasteiger partial charge in [0, 0.05) is 13.0 Å². The number of aliphatic hydroxyl groups excluding tert-OH is 1. The van der Waals surface area contributed by atoms with Gasteiger partial charge in [-0.25, -0.2) is 4.79 Å². The van der Waals surface area contributed by atoms with Gasteiger partial charge in [0.2, 0.25) is 23.6 Å². The summed E-state index contributed by atoms with van der Waals surface area (Å²) in [6.45, 7) is 0.873. The molecule has 0 aromatic heterocycles. The number of aliphatic hydroxyl groups is 1. The molecule has 13 N–H and O–H groups in total. The number of carbonyl (C=O) groups is 5. The van der Waals surface area contributed by atoms with Gasteiger partial charge in [-0.05, 0) is 26.2 Å². The Morgan fingerprint density at radius 1 is 1.00 bits per heavy atom. The van der Waals surface area contributed by atoms with E-state index in [1.165, 1.54) is 6.92 Å². The summed E-state index contributed by atoms with van der Waals surface area (Å²) in [5.41, 5.74) is 21.1. The van der Waals surface area contributed by atoms with Crippen LogP contribution in [0.1, 0.15) is 32.6 Å². The molecule has 15 heteroatoms. The van der Waals surface area contributed by atoms with Gasteiger partial charge in [0.1, 0.15) is 12.1 Å². The molecule has 0 spiro atoms. The summed E-state index contributed by atoms with van der Waals surface area (Å²) in [5.74, 6) is -4.67. The van der Waals surface area contributed by atoms with E-state index in [4.69, 9.17) is 28.0 Å². The molecule has 15 nitrogen and oxygen atoms in total. The molecule has 4 unspecified atom stereocenters. The van der Waals surface area contributed by atoms with Crippen molar-refractivity contribution in [2.75, 3.05) is 13.1 Å². The van der Waals surface area contributed by atoms with Crippen LogP contribution in [0.5, 0.6) is 0 Å². The summed E-state index contributed by atoms with van der Waals surface area (Å²) in [6, 6.07) is -3.79. The first-order valence-electron chi connectivity index (χ1n) is 9.72. The number of hydrogen-bond acceptors (Lipinski definition) is 8. The summed E-state index contributed by atoms with van der Waals surface area (Å²) in [6.07, 6.45) is -1.19. The van der Waals surface area contributed by atoms with E-state index >= 15 is 0 Å². The Balaban J connectivity index is 4.71. The summed E-state index contributed by atoms with van der Waals surface area (Å²) in [4.78, 5) is 62.0. The number of carboxylic acid groups (broad SMARTS) is 1. The topological polar surface area (TPSA) is 278 Å². The van der Waals surface area contributed by atoms with Crippen LogP contribution in [0.15, 0.2) is 4.99 Å². The third kappa shape index (κ3) is 12.3. The predicted molar refractivity (Wildman–Crippen MR) is 113 cm³/mol. The number of carbonyl (C=O) groups excluding carboxylic acids is 4. The smallest absolute Gasteiger partial charge is 0.326 e. The van der Waals surface area contributed by atoms with E-state index in [1.54, 1.807) is 0 Å². The monoisotopic (exact) mass is 460 g/mol. The Hall–Kier alpha value is -3.46. The van der Waals surface area contributed by atoms with Gasteiger partial charge in [-0.2, -0.15) is 0 Å². The Morgan fingerprint density at radius 3 is 2.12 bits per heavy atom. The van der Waals surface area contributed by atoms with E-state index in [9.17, 15) is 29.1 Å². The van der Waals surface area contributed by atoms with Crippen LogP contribution >= 0.6 is 0 Å². The lowest BCUT2D eigenvalue weighted by atomic mass is 10.1. The summed E-state index contributed by atoms with van der Waals surface area (Å²) >= 11 is 0. The van der Waals surface area contributed by atoms with Gasteiger partial charge in [-0.1, -0.05) is 0 Å². The van der Waals surface area contributed by atoms with Crippen LogP contribution in [-0.2, 0) is 24.0 Å². The van der Waals surface area contributed by atoms with Crippen molar-refractivity contribution in [1.82, 2.24) is 16.0 Å². The van der Waals surface area contributed by atoms with Crippen molar-refractivity contribution in [3.05, 3.63) is 0 Å². The van der Waals surface area contributed by atoms with Crippen LogP contribution in [0.4, 0.5) is 0 Å². The molecule has 0 aromatic rings. The number of hydrogen-bond donors (Lipinski definition) is 9. The normalized spacial score (nSPS) is 14.2. The van der Waals surface area contributed by atoms with E-state index in [1.807, 2.05) is 0 Å². The molecule has 0 aliphatic rings. The lowest BCUT2D eigenvalue weighted by Crippen LogP contribution is -2.57. The highest BCUT2D eigenvalue weighted by atomic mass is 16.4. The minimum atomic E-state index is -1.41. The van der Waals surface area contributed by atoms with E-state index in [-0.39, 0.29) is 31.8 Å². The first kappa shape index (κ1) is 28.5. The zero-order chi connectivity index (χ0) is 24.8. The number of rotatable bonds is 15. The SMILES string of the molecule is CC(O)C(NC(=O)C(N)CCCN=C(N)N)C(=O)NCC(=O)NC(CCC(N)=O)C(=O)O. The van der Waals surface area contributed by atoms with Gasteiger partial charge in [-0.15, -0.1) is 0 Å². The summed E-state index contributed by atoms with van der Waals surface area (Å²) < 4.78 is 0. The number of amides is 4. The lowest BCUT2D eigenvalue weighted by molar-refractivity contribution is -0.142. The maximum Gasteiger partial charge on any atom is 0.326 e. The van der Waals surface area contributed by atoms with Crippen LogP contribution in [-0.4, -0.2) is 83.1 Å². The molecule has 0 aromatic carbocycles. The molecule has 0 heterocycles. The number of primary amides is 1. The highest BCUT2D eigenvalue weighted by Crippen LogP contribution is 2.00. The van der Waals surface area contributed by atoms with E-state index in [0.29, 0.717) is 6.42 Å². The van der Waals surface area contributed by atoms with Crippen molar-refractivity contribution in [2.45, 2.75) is 56.8 Å². The van der Waals surface area contributed by atoms with Crippen molar-refractivity contribution in [3.8, 4) is 0 Å². The molecule has 0 aliphatic heterocycles. The second-order valence-electron chi connectivity index (χ2n) is 6.96. The molecule has 0 aliphatic carbocycles. The molecule has 0 bridgehead atoms. The minimum absolute atomic E-state index is 0.0968. The molecule has 0 fully saturated rings. The van der Waals surface area contributed by atoms with Crippen molar-refractivity contribution in [1.29, 1.82) is 0 Å². The van der Waals surface area contributed by atoms with Crippen LogP contribution in [0.2, 0.25) is 0 Å². The Bertz CT molecular complexity index is 709. The van der Waals surface area contributed by atoms with Crippen molar-refractivity contribution in [3.63, 3.8) is 0 Å². The maximum atomic E-state index is 12.3. The Kier molecular flexibility index (Phi) is 13.0. The predicted octanol–water partition coefficient (Wildman–Crippen LogP) is -4.82. The van der Waals surface area contributed by atoms with Crippen molar-refractivity contribution < 1.29 is 34.2 Å². The van der Waals surface area contributed by atoms with Gasteiger partial charge < -0.3 is 49.1 Å². The van der Waals surface area contributed by atoms with Gasteiger partial charge in [0.05, 0.1) is 18.7 Å². The van der Waals surface area contributed by atoms with Gasteiger partial charge in [0.15, 0.2) is 5.96 Å². The summed E-state index contributed by atoms with van der Waals surface area (Å²) in [7, 11) is 0. The second-order valence-corrected chi connectivity index (χ2v) is 6.96. The first-order valence-corrected chi connectivity index (χ1v) is 9.72. The standard InChI is InChI=1S/C17H32N8O7/c1-8(26)13(25-14(29)9(18)3-2-6-22-17(20)21)15(30)23-7-12(28)24-10(16(31)32)4-5-11(19)27/h8-10,13,26H,2-7,18H2,1H3,(H2,19,27)(H,23,30)(H,24,28)(H,25,29)(H,31,32)(H4,20,21,22). The zero-order valence-electron chi connectivity index (χ0n) is 17.7. The number of guanidine groups is 1. The Labute approximate surface area is 184 Å². The molecule has 32 heavy (non-hydrogen) atoms. The number of carboxylic acids is 1. The number of nitrogens with two attached hydrogens (primary N) is 4. The number of aliphatic carboxylic acids is 1. The molecule has 0 saturated carbocycles. The van der Waals surface area contributed by atoms with Gasteiger partial charge >= 0.3 is 5.97 Å². The van der Waals surface area contributed by atoms with Crippen LogP contribution in [0.25, 0.3) is 0 Å². The van der Waals surface area contributed by atoms with Crippen molar-refractivity contribution in [2.24, 2.45) is 27.9 Å².